The summed E-state index contributed by atoms with van der Waals surface area (Å²) in [6, 6.07) is 16.6. The summed E-state index contributed by atoms with van der Waals surface area (Å²) in [4.78, 5) is 45.0. The highest BCUT2D eigenvalue weighted by Gasteiger charge is 2.49. The number of rotatable bonds is 4. The van der Waals surface area contributed by atoms with E-state index in [9.17, 15) is 23.2 Å². The van der Waals surface area contributed by atoms with Gasteiger partial charge in [-0.1, -0.05) is 24.3 Å². The number of carbonyl (C=O) groups excluding carboxylic acids is 2. The van der Waals surface area contributed by atoms with E-state index in [0.29, 0.717) is 22.2 Å². The zero-order valence-corrected chi connectivity index (χ0v) is 18.0. The second-order valence-electron chi connectivity index (χ2n) is 8.12. The first kappa shape index (κ1) is 21.4. The van der Waals surface area contributed by atoms with Crippen LogP contribution < -0.4 is 10.9 Å². The van der Waals surface area contributed by atoms with E-state index in [1.807, 2.05) is 0 Å². The van der Waals surface area contributed by atoms with Gasteiger partial charge in [-0.2, -0.15) is 0 Å². The van der Waals surface area contributed by atoms with Gasteiger partial charge in [0.05, 0.1) is 23.1 Å². The molecule has 0 bridgehead atoms. The first-order chi connectivity index (χ1) is 16.3. The molecule has 4 aromatic rings. The van der Waals surface area contributed by atoms with Crippen LogP contribution in [-0.4, -0.2) is 26.4 Å². The Hall–Kier alpha value is -4.40. The quantitative estimate of drug-likeness (QED) is 0.472. The lowest BCUT2D eigenvalue weighted by Gasteiger charge is -2.22. The normalized spacial score (nSPS) is 17.9. The second-order valence-corrected chi connectivity index (χ2v) is 8.12. The van der Waals surface area contributed by atoms with Gasteiger partial charge in [0.2, 0.25) is 0 Å². The number of urea groups is 1. The van der Waals surface area contributed by atoms with Gasteiger partial charge in [0.15, 0.2) is 0 Å². The number of halogens is 2. The molecule has 1 fully saturated rings. The van der Waals surface area contributed by atoms with Crippen LogP contribution in [0.5, 0.6) is 0 Å². The molecule has 34 heavy (non-hydrogen) atoms. The van der Waals surface area contributed by atoms with Crippen LogP contribution in [0.4, 0.5) is 13.6 Å². The number of nitrogens with zero attached hydrogens (tertiary/aromatic N) is 3. The maximum atomic E-state index is 13.5. The molecule has 1 atom stereocenters. The van der Waals surface area contributed by atoms with E-state index in [-0.39, 0.29) is 12.4 Å². The van der Waals surface area contributed by atoms with Gasteiger partial charge in [-0.25, -0.2) is 18.6 Å². The molecule has 5 rings (SSSR count). The van der Waals surface area contributed by atoms with Gasteiger partial charge in [-0.3, -0.25) is 19.1 Å². The third kappa shape index (κ3) is 3.42. The van der Waals surface area contributed by atoms with Gasteiger partial charge in [-0.05, 0) is 61.0 Å². The molecule has 1 aliphatic rings. The minimum Gasteiger partial charge on any atom is -0.319 e. The fraction of sp³-hybridized carbons (Fsp3) is 0.120. The summed E-state index contributed by atoms with van der Waals surface area (Å²) >= 11 is 0. The van der Waals surface area contributed by atoms with Crippen LogP contribution in [0.25, 0.3) is 16.6 Å². The van der Waals surface area contributed by atoms with Crippen molar-refractivity contribution in [1.29, 1.82) is 0 Å². The van der Waals surface area contributed by atoms with Gasteiger partial charge in [0.1, 0.15) is 23.0 Å². The molecule has 170 valence electrons. The van der Waals surface area contributed by atoms with Crippen LogP contribution >= 0.6 is 0 Å². The maximum Gasteiger partial charge on any atom is 0.325 e. The van der Waals surface area contributed by atoms with E-state index < -0.39 is 34.7 Å². The summed E-state index contributed by atoms with van der Waals surface area (Å²) in [5.41, 5.74) is -0.678. The Morgan fingerprint density at radius 2 is 1.50 bits per heavy atom. The van der Waals surface area contributed by atoms with Gasteiger partial charge in [0, 0.05) is 0 Å². The Morgan fingerprint density at radius 1 is 0.882 bits per heavy atom. The van der Waals surface area contributed by atoms with Gasteiger partial charge in [-0.15, -0.1) is 0 Å². The molecular formula is C25H18F2N4O3. The summed E-state index contributed by atoms with van der Waals surface area (Å²) in [6.45, 7) is 1.22. The lowest BCUT2D eigenvalue weighted by atomic mass is 9.92. The molecule has 2 heterocycles. The number of para-hydroxylation sites is 1. The fourth-order valence-electron chi connectivity index (χ4n) is 4.10. The van der Waals surface area contributed by atoms with E-state index in [4.69, 9.17) is 0 Å². The molecule has 9 heteroatoms. The third-order valence-corrected chi connectivity index (χ3v) is 5.93. The van der Waals surface area contributed by atoms with Gasteiger partial charge >= 0.3 is 6.03 Å². The maximum absolute atomic E-state index is 13.5. The number of fused-ring (bicyclic) bond motifs is 1. The molecule has 7 nitrogen and oxygen atoms in total. The molecule has 0 spiro atoms. The predicted molar refractivity (Wildman–Crippen MR) is 120 cm³/mol. The number of carbonyl (C=O) groups is 2. The van der Waals surface area contributed by atoms with E-state index in [0.717, 1.165) is 4.90 Å². The van der Waals surface area contributed by atoms with Crippen molar-refractivity contribution < 1.29 is 18.4 Å². The molecular weight excluding hydrogens is 442 g/mol. The van der Waals surface area contributed by atoms with Crippen LogP contribution in [0.2, 0.25) is 0 Å². The van der Waals surface area contributed by atoms with Crippen LogP contribution in [0.1, 0.15) is 18.3 Å². The summed E-state index contributed by atoms with van der Waals surface area (Å²) in [5.74, 6) is -1.39. The lowest BCUT2D eigenvalue weighted by Crippen LogP contribution is -2.41. The lowest BCUT2D eigenvalue weighted by molar-refractivity contribution is -0.131. The standard InChI is InChI=1S/C25H18F2N4O3/c1-25(15-6-8-16(26)9-7-15)23(33)30(24(34)29-25)14-21-28-20-5-3-2-4-19(20)22(32)31(21)18-12-10-17(27)11-13-18/h2-13H,14H2,1H3,(H,29,34). The Labute approximate surface area is 192 Å². The number of nitrogens with one attached hydrogen (secondary N) is 1. The van der Waals surface area contributed by atoms with Crippen molar-refractivity contribution in [2.45, 2.75) is 19.0 Å². The molecule has 1 aromatic heterocycles. The van der Waals surface area contributed by atoms with Crippen molar-refractivity contribution in [3.05, 3.63) is 106 Å². The van der Waals surface area contributed by atoms with Crippen LogP contribution in [0, 0.1) is 11.6 Å². The van der Waals surface area contributed by atoms with E-state index in [1.165, 1.54) is 60.0 Å². The minimum absolute atomic E-state index is 0.127. The molecule has 1 aliphatic heterocycles. The summed E-state index contributed by atoms with van der Waals surface area (Å²) < 4.78 is 28.2. The molecule has 0 radical (unpaired) electrons. The zero-order valence-electron chi connectivity index (χ0n) is 18.0. The monoisotopic (exact) mass is 460 g/mol. The SMILES string of the molecule is CC1(c2ccc(F)cc2)NC(=O)N(Cc2nc3ccccc3c(=O)n2-c2ccc(F)cc2)C1=O. The minimum atomic E-state index is -1.41. The Balaban J connectivity index is 1.61. The topological polar surface area (TPSA) is 84.3 Å². The van der Waals surface area contributed by atoms with E-state index >= 15 is 0 Å². The molecule has 1 N–H and O–H groups in total. The highest BCUT2D eigenvalue weighted by Crippen LogP contribution is 2.30. The summed E-state index contributed by atoms with van der Waals surface area (Å²) in [5, 5.41) is 2.99. The number of amides is 3. The van der Waals surface area contributed by atoms with Crippen molar-refractivity contribution in [2.24, 2.45) is 0 Å². The van der Waals surface area contributed by atoms with Crippen molar-refractivity contribution in [3.8, 4) is 5.69 Å². The second kappa shape index (κ2) is 7.87. The van der Waals surface area contributed by atoms with Gasteiger partial charge in [0.25, 0.3) is 11.5 Å². The largest absolute Gasteiger partial charge is 0.325 e. The number of imide groups is 1. The smallest absolute Gasteiger partial charge is 0.319 e. The summed E-state index contributed by atoms with van der Waals surface area (Å²) in [7, 11) is 0. The first-order valence-electron chi connectivity index (χ1n) is 10.4. The Kier molecular flexibility index (Phi) is 4.97. The van der Waals surface area contributed by atoms with Crippen LogP contribution in [0.15, 0.2) is 77.6 Å². The summed E-state index contributed by atoms with van der Waals surface area (Å²) in [6.07, 6.45) is 0. The van der Waals surface area contributed by atoms with Crippen LogP contribution in [0.3, 0.4) is 0 Å². The van der Waals surface area contributed by atoms with Crippen molar-refractivity contribution in [1.82, 2.24) is 19.8 Å². The molecule has 3 aromatic carbocycles. The van der Waals surface area contributed by atoms with E-state index in [1.54, 1.807) is 24.3 Å². The Bertz CT molecular complexity index is 1500. The molecule has 3 amide bonds. The number of aromatic nitrogens is 2. The van der Waals surface area contributed by atoms with Crippen LogP contribution in [-0.2, 0) is 16.9 Å². The molecule has 1 unspecified atom stereocenters. The Morgan fingerprint density at radius 3 is 2.18 bits per heavy atom. The molecule has 1 saturated heterocycles. The highest BCUT2D eigenvalue weighted by molar-refractivity contribution is 6.07. The fourth-order valence-corrected chi connectivity index (χ4v) is 4.10. The van der Waals surface area contributed by atoms with Gasteiger partial charge < -0.3 is 5.32 Å². The zero-order chi connectivity index (χ0) is 24.0. The van der Waals surface area contributed by atoms with Crippen molar-refractivity contribution in [2.75, 3.05) is 0 Å². The van der Waals surface area contributed by atoms with Crippen molar-refractivity contribution >= 4 is 22.8 Å². The average molecular weight is 460 g/mol. The number of hydrogen-bond donors (Lipinski definition) is 1. The predicted octanol–water partition coefficient (Wildman–Crippen LogP) is 3.63. The number of hydrogen-bond acceptors (Lipinski definition) is 4. The molecule has 0 aliphatic carbocycles. The first-order valence-corrected chi connectivity index (χ1v) is 10.4. The average Bonchev–Trinajstić information content (AvgIpc) is 3.04. The highest BCUT2D eigenvalue weighted by atomic mass is 19.1. The van der Waals surface area contributed by atoms with E-state index in [2.05, 4.69) is 10.3 Å². The molecule has 0 saturated carbocycles. The number of benzene rings is 3. The van der Waals surface area contributed by atoms with Crippen molar-refractivity contribution in [3.63, 3.8) is 0 Å². The third-order valence-electron chi connectivity index (χ3n) is 5.93.